The fraction of sp³-hybridized carbons (Fsp3) is 0.0476. The van der Waals surface area contributed by atoms with Gasteiger partial charge in [-0.3, -0.25) is 10.1 Å². The number of nitrogens with one attached hydrogen (secondary N) is 1. The number of rotatable bonds is 5. The van der Waals surface area contributed by atoms with Crippen LogP contribution in [0.3, 0.4) is 0 Å². The van der Waals surface area contributed by atoms with Crippen LogP contribution in [-0.2, 0) is 16.2 Å². The van der Waals surface area contributed by atoms with E-state index in [2.05, 4.69) is 10.3 Å². The maximum absolute atomic E-state index is 12.7. The second-order valence-corrected chi connectivity index (χ2v) is 9.32. The van der Waals surface area contributed by atoms with E-state index in [4.69, 9.17) is 0 Å². The van der Waals surface area contributed by atoms with E-state index in [0.717, 1.165) is 39.6 Å². The molecule has 2 aromatic carbocycles. The number of nitrogens with zero attached hydrogens (tertiary/aromatic N) is 2. The molecule has 2 aromatic heterocycles. The number of carbonyl (C=O) groups excluding carboxylic acids is 1. The highest BCUT2D eigenvalue weighted by Crippen LogP contribution is 2.30. The van der Waals surface area contributed by atoms with Crippen LogP contribution in [0.5, 0.6) is 0 Å². The van der Waals surface area contributed by atoms with Crippen molar-refractivity contribution in [1.82, 2.24) is 8.96 Å². The van der Waals surface area contributed by atoms with Gasteiger partial charge in [-0.05, 0) is 42.5 Å². The topological polar surface area (TPSA) is 81.1 Å². The van der Waals surface area contributed by atoms with Crippen molar-refractivity contribution in [2.24, 2.45) is 0 Å². The number of alkyl halides is 3. The molecule has 0 radical (unpaired) electrons. The number of halogens is 3. The Morgan fingerprint density at radius 2 is 1.69 bits per heavy atom. The van der Waals surface area contributed by atoms with Crippen LogP contribution in [0.2, 0.25) is 0 Å². The number of carbonyl (C=O) groups is 1. The third-order valence-corrected chi connectivity index (χ3v) is 6.89. The lowest BCUT2D eigenvalue weighted by molar-refractivity contribution is -0.137. The summed E-state index contributed by atoms with van der Waals surface area (Å²) in [7, 11) is -3.75. The maximum atomic E-state index is 12.7. The summed E-state index contributed by atoms with van der Waals surface area (Å²) < 4.78 is 64.4. The summed E-state index contributed by atoms with van der Waals surface area (Å²) in [6, 6.07) is 13.4. The van der Waals surface area contributed by atoms with Gasteiger partial charge in [0.25, 0.3) is 15.9 Å². The molecule has 4 aromatic rings. The van der Waals surface area contributed by atoms with E-state index < -0.39 is 27.7 Å². The Morgan fingerprint density at radius 3 is 2.34 bits per heavy atom. The minimum absolute atomic E-state index is 0.0508. The molecular weight excluding hydrogens is 463 g/mol. The van der Waals surface area contributed by atoms with E-state index in [1.165, 1.54) is 24.5 Å². The van der Waals surface area contributed by atoms with Gasteiger partial charge in [0.15, 0.2) is 5.13 Å². The maximum Gasteiger partial charge on any atom is 0.416 e. The minimum Gasteiger partial charge on any atom is -0.298 e. The predicted molar refractivity (Wildman–Crippen MR) is 114 cm³/mol. The number of thiazole rings is 1. The zero-order valence-electron chi connectivity index (χ0n) is 16.1. The third kappa shape index (κ3) is 4.43. The lowest BCUT2D eigenvalue weighted by atomic mass is 10.1. The van der Waals surface area contributed by atoms with Crippen molar-refractivity contribution in [3.05, 3.63) is 89.6 Å². The van der Waals surface area contributed by atoms with Crippen LogP contribution >= 0.6 is 11.3 Å². The molecular formula is C21H14F3N3O3S2. The molecule has 4 rings (SSSR count). The first-order chi connectivity index (χ1) is 15.1. The van der Waals surface area contributed by atoms with Crippen LogP contribution in [0.1, 0.15) is 15.9 Å². The van der Waals surface area contributed by atoms with Crippen LogP contribution in [0.4, 0.5) is 18.3 Å². The van der Waals surface area contributed by atoms with E-state index in [-0.39, 0.29) is 15.6 Å². The van der Waals surface area contributed by atoms with Crippen molar-refractivity contribution in [3.8, 4) is 11.3 Å². The van der Waals surface area contributed by atoms with Gasteiger partial charge in [0.2, 0.25) is 0 Å². The Kier molecular flexibility index (Phi) is 5.61. The molecule has 0 spiro atoms. The Labute approximate surface area is 185 Å². The molecule has 0 atom stereocenters. The largest absolute Gasteiger partial charge is 0.416 e. The smallest absolute Gasteiger partial charge is 0.298 e. The van der Waals surface area contributed by atoms with E-state index in [1.807, 2.05) is 0 Å². The normalized spacial score (nSPS) is 12.0. The number of hydrogen-bond acceptors (Lipinski definition) is 5. The van der Waals surface area contributed by atoms with Gasteiger partial charge in [-0.2, -0.15) is 13.2 Å². The molecule has 6 nitrogen and oxygen atoms in total. The lowest BCUT2D eigenvalue weighted by Crippen LogP contribution is -2.12. The van der Waals surface area contributed by atoms with Gasteiger partial charge in [-0.1, -0.05) is 18.2 Å². The molecule has 1 N–H and O–H groups in total. The first-order valence-electron chi connectivity index (χ1n) is 9.08. The van der Waals surface area contributed by atoms with Crippen LogP contribution in [0.25, 0.3) is 11.3 Å². The number of amides is 1. The molecule has 0 aliphatic heterocycles. The second-order valence-electron chi connectivity index (χ2n) is 6.62. The highest BCUT2D eigenvalue weighted by atomic mass is 32.2. The van der Waals surface area contributed by atoms with E-state index in [9.17, 15) is 26.4 Å². The lowest BCUT2D eigenvalue weighted by Gasteiger charge is -2.07. The average Bonchev–Trinajstić information content (AvgIpc) is 3.44. The van der Waals surface area contributed by atoms with E-state index in [1.54, 1.807) is 29.6 Å². The van der Waals surface area contributed by atoms with Gasteiger partial charge in [-0.15, -0.1) is 11.3 Å². The van der Waals surface area contributed by atoms with Crippen molar-refractivity contribution in [1.29, 1.82) is 0 Å². The number of aromatic nitrogens is 2. The van der Waals surface area contributed by atoms with Crippen molar-refractivity contribution in [3.63, 3.8) is 0 Å². The van der Waals surface area contributed by atoms with E-state index in [0.29, 0.717) is 11.3 Å². The van der Waals surface area contributed by atoms with Gasteiger partial charge < -0.3 is 0 Å². The fourth-order valence-corrected chi connectivity index (χ4v) is 4.77. The quantitative estimate of drug-likeness (QED) is 0.433. The molecule has 0 saturated heterocycles. The number of hydrogen-bond donors (Lipinski definition) is 1. The Balaban J connectivity index is 1.49. The molecule has 32 heavy (non-hydrogen) atoms. The highest BCUT2D eigenvalue weighted by Gasteiger charge is 2.30. The average molecular weight is 477 g/mol. The molecule has 0 fully saturated rings. The summed E-state index contributed by atoms with van der Waals surface area (Å²) in [4.78, 5) is 16.7. The summed E-state index contributed by atoms with van der Waals surface area (Å²) in [5.74, 6) is -0.608. The molecule has 11 heteroatoms. The molecule has 0 aliphatic rings. The summed E-state index contributed by atoms with van der Waals surface area (Å²) in [5.41, 5.74) is 0.172. The van der Waals surface area contributed by atoms with Crippen molar-refractivity contribution in [2.75, 3.05) is 5.32 Å². The molecule has 2 heterocycles. The van der Waals surface area contributed by atoms with E-state index >= 15 is 0 Å². The van der Waals surface area contributed by atoms with Gasteiger partial charge in [0, 0.05) is 28.9 Å². The van der Waals surface area contributed by atoms with Crippen LogP contribution < -0.4 is 5.32 Å². The summed E-state index contributed by atoms with van der Waals surface area (Å²) in [6.07, 6.45) is -1.67. The van der Waals surface area contributed by atoms with Crippen molar-refractivity contribution in [2.45, 2.75) is 11.1 Å². The molecule has 0 unspecified atom stereocenters. The van der Waals surface area contributed by atoms with Crippen LogP contribution in [0, 0.1) is 0 Å². The Bertz CT molecular complexity index is 1360. The molecule has 164 valence electrons. The minimum atomic E-state index is -4.48. The Hall–Kier alpha value is -3.44. The second kappa shape index (κ2) is 8.24. The molecule has 1 amide bonds. The fourth-order valence-electron chi connectivity index (χ4n) is 2.84. The summed E-state index contributed by atoms with van der Waals surface area (Å²) in [6.45, 7) is 0. The van der Waals surface area contributed by atoms with Crippen LogP contribution in [0.15, 0.2) is 83.3 Å². The monoisotopic (exact) mass is 477 g/mol. The zero-order valence-corrected chi connectivity index (χ0v) is 17.7. The molecule has 0 bridgehead atoms. The van der Waals surface area contributed by atoms with Gasteiger partial charge >= 0.3 is 6.18 Å². The van der Waals surface area contributed by atoms with Crippen LogP contribution in [-0.4, -0.2) is 23.3 Å². The molecule has 0 aliphatic carbocycles. The summed E-state index contributed by atoms with van der Waals surface area (Å²) >= 11 is 1.11. The summed E-state index contributed by atoms with van der Waals surface area (Å²) in [5, 5.41) is 4.39. The highest BCUT2D eigenvalue weighted by molar-refractivity contribution is 7.90. The first kappa shape index (κ1) is 21.8. The van der Waals surface area contributed by atoms with Gasteiger partial charge in [0.05, 0.1) is 16.2 Å². The zero-order chi connectivity index (χ0) is 22.9. The Morgan fingerprint density at radius 1 is 1.00 bits per heavy atom. The predicted octanol–water partition coefficient (Wildman–Crippen LogP) is 5.12. The number of anilines is 1. The van der Waals surface area contributed by atoms with Crippen molar-refractivity contribution < 1.29 is 26.4 Å². The van der Waals surface area contributed by atoms with Gasteiger partial charge in [-0.25, -0.2) is 17.4 Å². The molecule has 0 saturated carbocycles. The first-order valence-corrected chi connectivity index (χ1v) is 11.4. The third-order valence-electron chi connectivity index (χ3n) is 4.48. The standard InChI is InChI=1S/C21H14F3N3O3S2/c22-21(23,24)16-8-6-14(7-9-16)19(28)26-20-25-18(13-31-20)15-10-11-27(12-15)32(29,30)17-4-2-1-3-5-17/h1-13H,(H,25,26,28). The van der Waals surface area contributed by atoms with Crippen molar-refractivity contribution >= 4 is 32.4 Å². The van der Waals surface area contributed by atoms with Gasteiger partial charge in [0.1, 0.15) is 0 Å². The SMILES string of the molecule is O=C(Nc1nc(-c2ccn(S(=O)(=O)c3ccccc3)c2)cs1)c1ccc(C(F)(F)F)cc1. The number of benzene rings is 2.